The molecule has 2 N–H and O–H groups in total. The Morgan fingerprint density at radius 2 is 2.21 bits per heavy atom. The minimum atomic E-state index is -0.231. The zero-order valence-corrected chi connectivity index (χ0v) is 8.98. The molecule has 1 aromatic heterocycles. The molecule has 0 radical (unpaired) electrons. The van der Waals surface area contributed by atoms with Crippen molar-refractivity contribution in [2.24, 2.45) is 11.1 Å². The van der Waals surface area contributed by atoms with Crippen LogP contribution in [0.1, 0.15) is 35.4 Å². The van der Waals surface area contributed by atoms with E-state index in [0.717, 1.165) is 30.6 Å². The van der Waals surface area contributed by atoms with Gasteiger partial charge in [-0.05, 0) is 24.3 Å². The fourth-order valence-corrected chi connectivity index (χ4v) is 3.03. The molecule has 1 saturated carbocycles. The Morgan fingerprint density at radius 1 is 1.50 bits per heavy atom. The van der Waals surface area contributed by atoms with Crippen LogP contribution in [0.2, 0.25) is 0 Å². The van der Waals surface area contributed by atoms with E-state index in [1.165, 1.54) is 11.3 Å². The molecule has 0 saturated heterocycles. The van der Waals surface area contributed by atoms with Crippen LogP contribution in [0.4, 0.5) is 0 Å². The van der Waals surface area contributed by atoms with Crippen molar-refractivity contribution in [3.8, 4) is 0 Å². The Labute approximate surface area is 88.1 Å². The predicted molar refractivity (Wildman–Crippen MR) is 58.6 cm³/mol. The van der Waals surface area contributed by atoms with E-state index in [-0.39, 0.29) is 11.2 Å². The summed E-state index contributed by atoms with van der Waals surface area (Å²) in [5.41, 5.74) is 5.53. The highest BCUT2D eigenvalue weighted by Crippen LogP contribution is 2.40. The van der Waals surface area contributed by atoms with Gasteiger partial charge in [0.25, 0.3) is 0 Å². The number of Topliss-reactive ketones (excluding diaryl/α,β-unsaturated/α-hetero) is 1. The lowest BCUT2D eigenvalue weighted by atomic mass is 9.81. The fourth-order valence-electron chi connectivity index (χ4n) is 2.24. The summed E-state index contributed by atoms with van der Waals surface area (Å²) in [7, 11) is 0. The summed E-state index contributed by atoms with van der Waals surface area (Å²) in [6, 6.07) is 3.83. The maximum Gasteiger partial charge on any atom is 0.180 e. The van der Waals surface area contributed by atoms with Crippen molar-refractivity contribution in [1.82, 2.24) is 0 Å². The van der Waals surface area contributed by atoms with Crippen molar-refractivity contribution in [2.75, 3.05) is 6.54 Å². The lowest BCUT2D eigenvalue weighted by Gasteiger charge is -2.24. The second-order valence-corrected chi connectivity index (χ2v) is 4.95. The second-order valence-electron chi connectivity index (χ2n) is 4.00. The van der Waals surface area contributed by atoms with Gasteiger partial charge in [0.2, 0.25) is 0 Å². The van der Waals surface area contributed by atoms with Crippen LogP contribution in [0.25, 0.3) is 0 Å². The summed E-state index contributed by atoms with van der Waals surface area (Å²) in [4.78, 5) is 13.1. The molecule has 0 amide bonds. The molecule has 0 atom stereocenters. The van der Waals surface area contributed by atoms with E-state index in [1.807, 2.05) is 17.5 Å². The van der Waals surface area contributed by atoms with Crippen LogP contribution >= 0.6 is 11.3 Å². The Hall–Kier alpha value is -0.670. The first kappa shape index (κ1) is 9.87. The van der Waals surface area contributed by atoms with E-state index in [0.29, 0.717) is 6.54 Å². The second kappa shape index (κ2) is 3.83. The van der Waals surface area contributed by atoms with E-state index >= 15 is 0 Å². The Balaban J connectivity index is 2.24. The number of rotatable bonds is 3. The molecular formula is C11H15NOS. The molecule has 1 heterocycles. The molecule has 14 heavy (non-hydrogen) atoms. The monoisotopic (exact) mass is 209 g/mol. The van der Waals surface area contributed by atoms with Gasteiger partial charge in [-0.25, -0.2) is 0 Å². The molecule has 2 rings (SSSR count). The molecule has 2 nitrogen and oxygen atoms in total. The van der Waals surface area contributed by atoms with Crippen molar-refractivity contribution < 1.29 is 4.79 Å². The van der Waals surface area contributed by atoms with Gasteiger partial charge in [0.1, 0.15) is 0 Å². The van der Waals surface area contributed by atoms with Crippen LogP contribution in [0.3, 0.4) is 0 Å². The average molecular weight is 209 g/mol. The first-order chi connectivity index (χ1) is 6.78. The lowest BCUT2D eigenvalue weighted by molar-refractivity contribution is 0.0814. The van der Waals surface area contributed by atoms with Crippen molar-refractivity contribution in [3.05, 3.63) is 22.4 Å². The number of carbonyl (C=O) groups excluding carboxylic acids is 1. The number of thiophene rings is 1. The van der Waals surface area contributed by atoms with Gasteiger partial charge in [0.15, 0.2) is 5.78 Å². The standard InChI is InChI=1S/C11H15NOS/c12-8-11(5-1-2-6-11)10(13)9-4-3-7-14-9/h3-4,7H,1-2,5-6,8,12H2. The van der Waals surface area contributed by atoms with E-state index < -0.39 is 0 Å². The first-order valence-electron chi connectivity index (χ1n) is 5.07. The number of nitrogens with two attached hydrogens (primary N) is 1. The highest BCUT2D eigenvalue weighted by Gasteiger charge is 2.40. The van der Waals surface area contributed by atoms with Gasteiger partial charge in [0.05, 0.1) is 4.88 Å². The molecule has 0 unspecified atom stereocenters. The van der Waals surface area contributed by atoms with Crippen LogP contribution in [0.15, 0.2) is 17.5 Å². The Bertz CT molecular complexity index is 312. The minimum absolute atomic E-state index is 0.231. The molecule has 0 bridgehead atoms. The highest BCUT2D eigenvalue weighted by atomic mass is 32.1. The zero-order chi connectivity index (χ0) is 10.0. The van der Waals surface area contributed by atoms with Crippen molar-refractivity contribution in [1.29, 1.82) is 0 Å². The van der Waals surface area contributed by atoms with Crippen LogP contribution in [0, 0.1) is 5.41 Å². The topological polar surface area (TPSA) is 43.1 Å². The third-order valence-corrected chi connectivity index (χ3v) is 4.05. The molecule has 1 aliphatic rings. The molecule has 76 valence electrons. The van der Waals surface area contributed by atoms with Crippen molar-refractivity contribution >= 4 is 17.1 Å². The molecule has 3 heteroatoms. The van der Waals surface area contributed by atoms with Gasteiger partial charge in [-0.15, -0.1) is 11.3 Å². The van der Waals surface area contributed by atoms with Crippen molar-refractivity contribution in [2.45, 2.75) is 25.7 Å². The quantitative estimate of drug-likeness (QED) is 0.777. The number of ketones is 1. The normalized spacial score (nSPS) is 19.8. The Kier molecular flexibility index (Phi) is 2.70. The minimum Gasteiger partial charge on any atom is -0.329 e. The van der Waals surface area contributed by atoms with E-state index in [2.05, 4.69) is 0 Å². The lowest BCUT2D eigenvalue weighted by Crippen LogP contribution is -2.35. The van der Waals surface area contributed by atoms with Gasteiger partial charge in [-0.3, -0.25) is 4.79 Å². The molecule has 0 aliphatic heterocycles. The largest absolute Gasteiger partial charge is 0.329 e. The summed E-state index contributed by atoms with van der Waals surface area (Å²) in [6.45, 7) is 0.504. The van der Waals surface area contributed by atoms with Crippen LogP contribution in [-0.2, 0) is 0 Å². The summed E-state index contributed by atoms with van der Waals surface area (Å²) < 4.78 is 0. The molecule has 0 spiro atoms. The number of hydrogen-bond donors (Lipinski definition) is 1. The Morgan fingerprint density at radius 3 is 2.71 bits per heavy atom. The third-order valence-electron chi connectivity index (χ3n) is 3.18. The smallest absolute Gasteiger partial charge is 0.180 e. The van der Waals surface area contributed by atoms with Crippen molar-refractivity contribution in [3.63, 3.8) is 0 Å². The molecule has 1 fully saturated rings. The SMILES string of the molecule is NCC1(C(=O)c2cccs2)CCCC1. The maximum atomic E-state index is 12.2. The van der Waals surface area contributed by atoms with Gasteiger partial charge < -0.3 is 5.73 Å². The third kappa shape index (κ3) is 1.51. The number of carbonyl (C=O) groups is 1. The van der Waals surface area contributed by atoms with Gasteiger partial charge in [-0.1, -0.05) is 18.9 Å². The summed E-state index contributed by atoms with van der Waals surface area (Å²) in [5, 5.41) is 1.95. The van der Waals surface area contributed by atoms with Crippen LogP contribution < -0.4 is 5.73 Å². The van der Waals surface area contributed by atoms with Crippen LogP contribution in [0.5, 0.6) is 0 Å². The summed E-state index contributed by atoms with van der Waals surface area (Å²) >= 11 is 1.53. The average Bonchev–Trinajstić information content (AvgIpc) is 2.89. The fraction of sp³-hybridized carbons (Fsp3) is 0.545. The maximum absolute atomic E-state index is 12.2. The molecular weight excluding hydrogens is 194 g/mol. The highest BCUT2D eigenvalue weighted by molar-refractivity contribution is 7.12. The van der Waals surface area contributed by atoms with Gasteiger partial charge >= 0.3 is 0 Å². The first-order valence-corrected chi connectivity index (χ1v) is 5.95. The zero-order valence-electron chi connectivity index (χ0n) is 8.16. The van der Waals surface area contributed by atoms with E-state index in [1.54, 1.807) is 0 Å². The number of hydrogen-bond acceptors (Lipinski definition) is 3. The predicted octanol–water partition coefficient (Wildman–Crippen LogP) is 2.45. The molecule has 0 aromatic carbocycles. The van der Waals surface area contributed by atoms with Gasteiger partial charge in [-0.2, -0.15) is 0 Å². The van der Waals surface area contributed by atoms with Gasteiger partial charge in [0, 0.05) is 12.0 Å². The summed E-state index contributed by atoms with van der Waals surface area (Å²) in [5.74, 6) is 0.271. The molecule has 1 aromatic rings. The van der Waals surface area contributed by atoms with Crippen LogP contribution in [-0.4, -0.2) is 12.3 Å². The molecule has 1 aliphatic carbocycles. The van der Waals surface area contributed by atoms with E-state index in [4.69, 9.17) is 5.73 Å². The summed E-state index contributed by atoms with van der Waals surface area (Å²) in [6.07, 6.45) is 4.24. The van der Waals surface area contributed by atoms with E-state index in [9.17, 15) is 4.79 Å².